The van der Waals surface area contributed by atoms with Crippen molar-refractivity contribution in [2.75, 3.05) is 0 Å². The van der Waals surface area contributed by atoms with E-state index in [0.717, 1.165) is 11.6 Å². The summed E-state index contributed by atoms with van der Waals surface area (Å²) in [5, 5.41) is 0. The number of hydrogen-bond donors (Lipinski definition) is 1. The second-order valence-corrected chi connectivity index (χ2v) is 4.80. The number of halogens is 3. The molecule has 0 aliphatic heterocycles. The maximum absolute atomic E-state index is 13.0. The van der Waals surface area contributed by atoms with Gasteiger partial charge in [0.1, 0.15) is 0 Å². The molecule has 2 aromatic carbocycles. The number of H-pyrrole nitrogens is 1. The van der Waals surface area contributed by atoms with Gasteiger partial charge in [-0.3, -0.25) is 4.57 Å². The molecule has 3 rings (SSSR count). The molecule has 0 unspecified atom stereocenters. The summed E-state index contributed by atoms with van der Waals surface area (Å²) in [5.74, 6) is 0. The smallest absolute Gasteiger partial charge is 0.305 e. The lowest BCUT2D eigenvalue weighted by atomic mass is 10.1. The van der Waals surface area contributed by atoms with Crippen molar-refractivity contribution >= 4 is 11.0 Å². The molecular formula is C15H11F3N2O. The van der Waals surface area contributed by atoms with E-state index in [1.165, 1.54) is 16.7 Å². The zero-order valence-electron chi connectivity index (χ0n) is 11.0. The van der Waals surface area contributed by atoms with E-state index in [2.05, 4.69) is 4.98 Å². The highest BCUT2D eigenvalue weighted by molar-refractivity contribution is 5.81. The SMILES string of the molecule is Cc1cccc(-n2c(=O)[nH]c3c(C(F)(F)F)cccc32)c1. The highest BCUT2D eigenvalue weighted by Crippen LogP contribution is 2.33. The van der Waals surface area contributed by atoms with Crippen molar-refractivity contribution in [1.29, 1.82) is 0 Å². The van der Waals surface area contributed by atoms with Crippen molar-refractivity contribution in [3.8, 4) is 5.69 Å². The topological polar surface area (TPSA) is 37.8 Å². The lowest BCUT2D eigenvalue weighted by Gasteiger charge is -2.08. The summed E-state index contributed by atoms with van der Waals surface area (Å²) >= 11 is 0. The Morgan fingerprint density at radius 1 is 1.10 bits per heavy atom. The van der Waals surface area contributed by atoms with Gasteiger partial charge < -0.3 is 4.98 Å². The number of aryl methyl sites for hydroxylation is 1. The van der Waals surface area contributed by atoms with Crippen LogP contribution in [0.1, 0.15) is 11.1 Å². The zero-order valence-corrected chi connectivity index (χ0v) is 11.0. The van der Waals surface area contributed by atoms with Gasteiger partial charge in [0.15, 0.2) is 0 Å². The Morgan fingerprint density at radius 2 is 1.81 bits per heavy atom. The van der Waals surface area contributed by atoms with Crippen LogP contribution in [0.2, 0.25) is 0 Å². The quantitative estimate of drug-likeness (QED) is 0.730. The Labute approximate surface area is 117 Å². The molecule has 0 radical (unpaired) electrons. The molecule has 0 fully saturated rings. The number of aromatic nitrogens is 2. The van der Waals surface area contributed by atoms with Crippen LogP contribution in [0.5, 0.6) is 0 Å². The first kappa shape index (κ1) is 13.5. The molecule has 1 heterocycles. The van der Waals surface area contributed by atoms with E-state index < -0.39 is 17.4 Å². The predicted octanol–water partition coefficient (Wildman–Crippen LogP) is 3.65. The van der Waals surface area contributed by atoms with Crippen molar-refractivity contribution in [2.24, 2.45) is 0 Å². The molecule has 3 aromatic rings. The first-order chi connectivity index (χ1) is 9.88. The molecule has 21 heavy (non-hydrogen) atoms. The number of alkyl halides is 3. The first-order valence-electron chi connectivity index (χ1n) is 6.26. The van der Waals surface area contributed by atoms with Gasteiger partial charge in [-0.1, -0.05) is 18.2 Å². The van der Waals surface area contributed by atoms with E-state index in [0.29, 0.717) is 5.69 Å². The summed E-state index contributed by atoms with van der Waals surface area (Å²) in [6.07, 6.45) is -4.51. The summed E-state index contributed by atoms with van der Waals surface area (Å²) in [6.45, 7) is 1.85. The number of nitrogens with zero attached hydrogens (tertiary/aromatic N) is 1. The number of aromatic amines is 1. The summed E-state index contributed by atoms with van der Waals surface area (Å²) in [6, 6.07) is 10.8. The largest absolute Gasteiger partial charge is 0.418 e. The molecule has 0 saturated carbocycles. The highest BCUT2D eigenvalue weighted by atomic mass is 19.4. The third-order valence-corrected chi connectivity index (χ3v) is 3.28. The highest BCUT2D eigenvalue weighted by Gasteiger charge is 2.33. The molecule has 0 atom stereocenters. The van der Waals surface area contributed by atoms with Gasteiger partial charge in [-0.05, 0) is 36.8 Å². The standard InChI is InChI=1S/C15H11F3N2O/c1-9-4-2-5-10(8-9)20-12-7-3-6-11(15(16,17)18)13(12)19-14(20)21/h2-8H,1H3,(H,19,21). The summed E-state index contributed by atoms with van der Waals surface area (Å²) < 4.78 is 40.2. The molecule has 0 saturated heterocycles. The van der Waals surface area contributed by atoms with Crippen molar-refractivity contribution in [3.63, 3.8) is 0 Å². The van der Waals surface area contributed by atoms with Gasteiger partial charge in [-0.15, -0.1) is 0 Å². The molecule has 0 spiro atoms. The summed E-state index contributed by atoms with van der Waals surface area (Å²) in [7, 11) is 0. The van der Waals surface area contributed by atoms with Gasteiger partial charge in [0.05, 0.1) is 22.3 Å². The first-order valence-corrected chi connectivity index (χ1v) is 6.26. The molecular weight excluding hydrogens is 281 g/mol. The third-order valence-electron chi connectivity index (χ3n) is 3.28. The fourth-order valence-corrected chi connectivity index (χ4v) is 2.39. The number of benzene rings is 2. The normalized spacial score (nSPS) is 12.0. The molecule has 3 nitrogen and oxygen atoms in total. The second kappa shape index (κ2) is 4.51. The van der Waals surface area contributed by atoms with Crippen LogP contribution in [0.3, 0.4) is 0 Å². The van der Waals surface area contributed by atoms with E-state index in [4.69, 9.17) is 0 Å². The minimum Gasteiger partial charge on any atom is -0.305 e. The van der Waals surface area contributed by atoms with Gasteiger partial charge in [0, 0.05) is 0 Å². The number of nitrogens with one attached hydrogen (secondary N) is 1. The number of fused-ring (bicyclic) bond motifs is 1. The van der Waals surface area contributed by atoms with Crippen LogP contribution in [0.25, 0.3) is 16.7 Å². The average Bonchev–Trinajstić information content (AvgIpc) is 2.73. The van der Waals surface area contributed by atoms with E-state index >= 15 is 0 Å². The molecule has 0 amide bonds. The summed E-state index contributed by atoms with van der Waals surface area (Å²) in [4.78, 5) is 14.4. The van der Waals surface area contributed by atoms with Crippen molar-refractivity contribution in [2.45, 2.75) is 13.1 Å². The number of hydrogen-bond acceptors (Lipinski definition) is 1. The monoisotopic (exact) mass is 292 g/mol. The fourth-order valence-electron chi connectivity index (χ4n) is 2.39. The second-order valence-electron chi connectivity index (χ2n) is 4.80. The maximum atomic E-state index is 13.0. The van der Waals surface area contributed by atoms with Crippen LogP contribution in [0.4, 0.5) is 13.2 Å². The fraction of sp³-hybridized carbons (Fsp3) is 0.133. The van der Waals surface area contributed by atoms with Crippen LogP contribution in [0, 0.1) is 6.92 Å². The predicted molar refractivity (Wildman–Crippen MR) is 73.6 cm³/mol. The van der Waals surface area contributed by atoms with Gasteiger partial charge in [-0.25, -0.2) is 4.79 Å². The van der Waals surface area contributed by atoms with Crippen molar-refractivity contribution in [1.82, 2.24) is 9.55 Å². The molecule has 0 bridgehead atoms. The molecule has 108 valence electrons. The molecule has 6 heteroatoms. The maximum Gasteiger partial charge on any atom is 0.418 e. The van der Waals surface area contributed by atoms with Crippen LogP contribution >= 0.6 is 0 Å². The van der Waals surface area contributed by atoms with E-state index in [9.17, 15) is 18.0 Å². The Balaban J connectivity index is 2.36. The Kier molecular flexibility index (Phi) is 2.90. The van der Waals surface area contributed by atoms with Gasteiger partial charge in [0.25, 0.3) is 0 Å². The van der Waals surface area contributed by atoms with Crippen LogP contribution in [-0.4, -0.2) is 9.55 Å². The van der Waals surface area contributed by atoms with E-state index in [1.807, 2.05) is 13.0 Å². The minimum atomic E-state index is -4.51. The van der Waals surface area contributed by atoms with E-state index in [-0.39, 0.29) is 11.0 Å². The molecule has 1 N–H and O–H groups in total. The number of imidazole rings is 1. The van der Waals surface area contributed by atoms with Gasteiger partial charge in [-0.2, -0.15) is 13.2 Å². The van der Waals surface area contributed by atoms with Crippen LogP contribution in [-0.2, 0) is 6.18 Å². The van der Waals surface area contributed by atoms with Crippen LogP contribution < -0.4 is 5.69 Å². The van der Waals surface area contributed by atoms with Crippen LogP contribution in [0.15, 0.2) is 47.3 Å². The third kappa shape index (κ3) is 2.22. The van der Waals surface area contributed by atoms with E-state index in [1.54, 1.807) is 18.2 Å². The lowest BCUT2D eigenvalue weighted by molar-refractivity contribution is -0.136. The lowest BCUT2D eigenvalue weighted by Crippen LogP contribution is -2.14. The average molecular weight is 292 g/mol. The van der Waals surface area contributed by atoms with Gasteiger partial charge in [0.2, 0.25) is 0 Å². The van der Waals surface area contributed by atoms with Gasteiger partial charge >= 0.3 is 11.9 Å². The Morgan fingerprint density at radius 3 is 2.48 bits per heavy atom. The number of para-hydroxylation sites is 1. The van der Waals surface area contributed by atoms with Crippen molar-refractivity contribution in [3.05, 3.63) is 64.1 Å². The minimum absolute atomic E-state index is 0.198. The Bertz CT molecular complexity index is 874. The molecule has 1 aromatic heterocycles. The summed E-state index contributed by atoms with van der Waals surface area (Å²) in [5.41, 5.74) is 0.0269. The van der Waals surface area contributed by atoms with Crippen molar-refractivity contribution < 1.29 is 13.2 Å². The zero-order chi connectivity index (χ0) is 15.2. The molecule has 0 aliphatic carbocycles. The Hall–Kier alpha value is -2.50. The number of rotatable bonds is 1. The molecule has 0 aliphatic rings.